The van der Waals surface area contributed by atoms with Gasteiger partial charge >= 0.3 is 20.4 Å². The second-order valence-electron chi connectivity index (χ2n) is 1.26. The summed E-state index contributed by atoms with van der Waals surface area (Å²) in [6, 6.07) is 0. The molecule has 0 saturated carbocycles. The van der Waals surface area contributed by atoms with Crippen molar-refractivity contribution in [2.75, 3.05) is 26.2 Å². The van der Waals surface area contributed by atoms with Crippen molar-refractivity contribution in [3.8, 4) is 0 Å². The molecule has 68 valence electrons. The number of aliphatic hydroxyl groups is 1. The van der Waals surface area contributed by atoms with Crippen LogP contribution in [-0.2, 0) is 20.4 Å². The molecule has 0 bridgehead atoms. The molecule has 0 aromatic carbocycles. The van der Waals surface area contributed by atoms with Crippen LogP contribution >= 0.6 is 0 Å². The zero-order chi connectivity index (χ0) is 5.54. The van der Waals surface area contributed by atoms with Crippen LogP contribution in [0.15, 0.2) is 0 Å². The molecule has 0 radical (unpaired) electrons. The number of nitrogens with one attached hydrogen (secondary N) is 1. The summed E-state index contributed by atoms with van der Waals surface area (Å²) in [7, 11) is 0. The fraction of sp³-hybridized carbons (Fsp3) is 1.00. The minimum Gasteiger partial charge on any atom is -1.00 e. The standard InChI is InChI=1S/C4H12N2O.2ClH.Pd/c5-1-2-6-3-4-7;;;/h6-7H,1-5H2;2*1H;/q;;;+2/p-2. The van der Waals surface area contributed by atoms with Gasteiger partial charge in [0.15, 0.2) is 0 Å². The molecule has 10 heavy (non-hydrogen) atoms. The second kappa shape index (κ2) is 22.5. The van der Waals surface area contributed by atoms with Crippen LogP contribution in [0.5, 0.6) is 0 Å². The molecule has 0 rings (SSSR count). The Labute approximate surface area is 87.6 Å². The smallest absolute Gasteiger partial charge is 1.00 e. The maximum absolute atomic E-state index is 8.19. The molecule has 0 unspecified atom stereocenters. The summed E-state index contributed by atoms with van der Waals surface area (Å²) < 4.78 is 0. The molecule has 0 aromatic rings. The molecule has 3 nitrogen and oxygen atoms in total. The summed E-state index contributed by atoms with van der Waals surface area (Å²) in [5, 5.41) is 11.1. The SMILES string of the molecule is NCCNCCO.[Cl-].[Cl-].[Pd+2]. The number of halogens is 2. The summed E-state index contributed by atoms with van der Waals surface area (Å²) >= 11 is 0. The van der Waals surface area contributed by atoms with Crippen LogP contribution in [0.25, 0.3) is 0 Å². The molecular weight excluding hydrogens is 269 g/mol. The summed E-state index contributed by atoms with van der Waals surface area (Å²) in [5.74, 6) is 0. The zero-order valence-electron chi connectivity index (χ0n) is 5.43. The van der Waals surface area contributed by atoms with Crippen LogP contribution in [0.3, 0.4) is 0 Å². The molecule has 0 saturated heterocycles. The molecule has 4 N–H and O–H groups in total. The Hall–Kier alpha value is 1.12. The fourth-order valence-electron chi connectivity index (χ4n) is 0.306. The van der Waals surface area contributed by atoms with E-state index in [0.717, 1.165) is 6.54 Å². The number of hydrogen-bond donors (Lipinski definition) is 3. The van der Waals surface area contributed by atoms with Gasteiger partial charge in [0.2, 0.25) is 0 Å². The average Bonchev–Trinajstić information content (AvgIpc) is 1.69. The van der Waals surface area contributed by atoms with E-state index in [1.165, 1.54) is 0 Å². The van der Waals surface area contributed by atoms with Crippen molar-refractivity contribution in [2.45, 2.75) is 0 Å². The average molecular weight is 281 g/mol. The predicted octanol–water partition coefficient (Wildman–Crippen LogP) is -7.47. The molecule has 0 aliphatic rings. The van der Waals surface area contributed by atoms with E-state index in [9.17, 15) is 0 Å². The molecule has 0 atom stereocenters. The monoisotopic (exact) mass is 280 g/mol. The largest absolute Gasteiger partial charge is 2.00 e. The van der Waals surface area contributed by atoms with E-state index in [1.807, 2.05) is 0 Å². The summed E-state index contributed by atoms with van der Waals surface area (Å²) in [6.45, 7) is 2.28. The topological polar surface area (TPSA) is 58.3 Å². The van der Waals surface area contributed by atoms with Crippen molar-refractivity contribution in [1.82, 2.24) is 5.32 Å². The van der Waals surface area contributed by atoms with Gasteiger partial charge in [0.1, 0.15) is 0 Å². The normalized spacial score (nSPS) is 6.60. The fourth-order valence-corrected chi connectivity index (χ4v) is 0.306. The Balaban J connectivity index is -0.0000000600. The molecule has 0 spiro atoms. The van der Waals surface area contributed by atoms with Crippen molar-refractivity contribution < 1.29 is 50.3 Å². The third-order valence-corrected chi connectivity index (χ3v) is 0.610. The van der Waals surface area contributed by atoms with Gasteiger partial charge in [0, 0.05) is 19.6 Å². The van der Waals surface area contributed by atoms with E-state index in [4.69, 9.17) is 10.8 Å². The van der Waals surface area contributed by atoms with Crippen molar-refractivity contribution in [3.05, 3.63) is 0 Å². The maximum atomic E-state index is 8.19. The molecule has 0 aliphatic carbocycles. The first kappa shape index (κ1) is 22.5. The van der Waals surface area contributed by atoms with Gasteiger partial charge in [-0.2, -0.15) is 0 Å². The first-order valence-electron chi connectivity index (χ1n) is 2.43. The number of aliphatic hydroxyl groups excluding tert-OH is 1. The Morgan fingerprint density at radius 3 is 2.00 bits per heavy atom. The van der Waals surface area contributed by atoms with E-state index in [0.29, 0.717) is 13.1 Å². The first-order chi connectivity index (χ1) is 3.41. The molecule has 6 heteroatoms. The van der Waals surface area contributed by atoms with Crippen molar-refractivity contribution in [1.29, 1.82) is 0 Å². The molecule has 0 aromatic heterocycles. The molecule has 0 heterocycles. The summed E-state index contributed by atoms with van der Waals surface area (Å²) in [6.07, 6.45) is 0. The minimum atomic E-state index is 0. The molecule has 0 amide bonds. The third kappa shape index (κ3) is 22.9. The van der Waals surface area contributed by atoms with Crippen LogP contribution in [0, 0.1) is 0 Å². The van der Waals surface area contributed by atoms with Crippen molar-refractivity contribution >= 4 is 0 Å². The van der Waals surface area contributed by atoms with Gasteiger partial charge in [0.25, 0.3) is 0 Å². The number of hydrogen-bond acceptors (Lipinski definition) is 3. The van der Waals surface area contributed by atoms with Gasteiger partial charge in [0.05, 0.1) is 6.61 Å². The first-order valence-corrected chi connectivity index (χ1v) is 2.43. The van der Waals surface area contributed by atoms with E-state index in [1.54, 1.807) is 0 Å². The van der Waals surface area contributed by atoms with E-state index < -0.39 is 0 Å². The number of nitrogens with two attached hydrogens (primary N) is 1. The second-order valence-corrected chi connectivity index (χ2v) is 1.26. The van der Waals surface area contributed by atoms with Crippen LogP contribution in [0.1, 0.15) is 0 Å². The van der Waals surface area contributed by atoms with Crippen LogP contribution in [0.4, 0.5) is 0 Å². The van der Waals surface area contributed by atoms with Gasteiger partial charge < -0.3 is 41.0 Å². The van der Waals surface area contributed by atoms with E-state index in [-0.39, 0.29) is 51.8 Å². The van der Waals surface area contributed by atoms with Gasteiger partial charge in [-0.1, -0.05) is 0 Å². The Morgan fingerprint density at radius 2 is 1.70 bits per heavy atom. The van der Waals surface area contributed by atoms with Crippen molar-refractivity contribution in [3.63, 3.8) is 0 Å². The van der Waals surface area contributed by atoms with Gasteiger partial charge in [-0.25, -0.2) is 0 Å². The Bertz CT molecular complexity index is 40.4. The maximum Gasteiger partial charge on any atom is 2.00 e. The Morgan fingerprint density at radius 1 is 1.20 bits per heavy atom. The zero-order valence-corrected chi connectivity index (χ0v) is 8.49. The van der Waals surface area contributed by atoms with Gasteiger partial charge in [-0.3, -0.25) is 0 Å². The summed E-state index contributed by atoms with van der Waals surface area (Å²) in [5.41, 5.74) is 5.13. The van der Waals surface area contributed by atoms with E-state index in [2.05, 4.69) is 5.32 Å². The van der Waals surface area contributed by atoms with Crippen LogP contribution in [0.2, 0.25) is 0 Å². The number of rotatable bonds is 4. The Kier molecular flexibility index (Phi) is 50.5. The molecule has 0 aliphatic heterocycles. The molecule has 0 fully saturated rings. The summed E-state index contributed by atoms with van der Waals surface area (Å²) in [4.78, 5) is 0. The van der Waals surface area contributed by atoms with Gasteiger partial charge in [-0.15, -0.1) is 0 Å². The third-order valence-electron chi connectivity index (χ3n) is 0.610. The van der Waals surface area contributed by atoms with Gasteiger partial charge in [-0.05, 0) is 0 Å². The quantitative estimate of drug-likeness (QED) is 0.354. The van der Waals surface area contributed by atoms with Crippen LogP contribution in [-0.4, -0.2) is 31.3 Å². The van der Waals surface area contributed by atoms with Crippen LogP contribution < -0.4 is 35.9 Å². The minimum absolute atomic E-state index is 0. The van der Waals surface area contributed by atoms with E-state index >= 15 is 0 Å². The molecular formula is C4H12Cl2N2OPd. The van der Waals surface area contributed by atoms with Crippen molar-refractivity contribution in [2.24, 2.45) is 5.73 Å². The predicted molar refractivity (Wildman–Crippen MR) is 29.0 cm³/mol.